The number of rotatable bonds is 3. The van der Waals surface area contributed by atoms with Gasteiger partial charge in [0.25, 0.3) is 5.56 Å². The first kappa shape index (κ1) is 15.2. The topological polar surface area (TPSA) is 73.8 Å². The van der Waals surface area contributed by atoms with Gasteiger partial charge in [-0.25, -0.2) is 9.37 Å². The van der Waals surface area contributed by atoms with E-state index in [9.17, 15) is 9.18 Å². The lowest BCUT2D eigenvalue weighted by molar-refractivity contribution is 0.571. The molecule has 0 bridgehead atoms. The largest absolute Gasteiger partial charge is 0.321 e. The fourth-order valence-corrected chi connectivity index (χ4v) is 3.12. The zero-order chi connectivity index (χ0) is 16.8. The minimum atomic E-state index is -0.537. The summed E-state index contributed by atoms with van der Waals surface area (Å²) in [5.74, 6) is 0.149. The lowest BCUT2D eigenvalue weighted by Crippen LogP contribution is -2.29. The van der Waals surface area contributed by atoms with Gasteiger partial charge < -0.3 is 5.73 Å². The Hall–Kier alpha value is -2.31. The van der Waals surface area contributed by atoms with Gasteiger partial charge in [0.2, 0.25) is 0 Å². The number of pyridine rings is 1. The number of nitrogens with zero attached hydrogens (tertiary/aromatic N) is 3. The van der Waals surface area contributed by atoms with Crippen molar-refractivity contribution in [3.05, 3.63) is 63.7 Å². The molecule has 0 aliphatic heterocycles. The second-order valence-corrected chi connectivity index (χ2v) is 6.38. The molecule has 2 heterocycles. The van der Waals surface area contributed by atoms with Crippen molar-refractivity contribution in [1.82, 2.24) is 14.5 Å². The van der Waals surface area contributed by atoms with Gasteiger partial charge in [0, 0.05) is 6.07 Å². The van der Waals surface area contributed by atoms with E-state index in [0.717, 1.165) is 19.0 Å². The Morgan fingerprint density at radius 1 is 1.33 bits per heavy atom. The third-order valence-electron chi connectivity index (χ3n) is 4.25. The maximum atomic E-state index is 13.6. The first-order valence-corrected chi connectivity index (χ1v) is 8.02. The molecule has 2 aromatic heterocycles. The summed E-state index contributed by atoms with van der Waals surface area (Å²) in [5, 5.41) is 0.588. The van der Waals surface area contributed by atoms with E-state index in [2.05, 4.69) is 9.97 Å². The monoisotopic (exact) mass is 344 g/mol. The van der Waals surface area contributed by atoms with Crippen molar-refractivity contribution < 1.29 is 4.39 Å². The van der Waals surface area contributed by atoms with E-state index < -0.39 is 11.9 Å². The maximum absolute atomic E-state index is 13.6. The van der Waals surface area contributed by atoms with Crippen LogP contribution in [0.25, 0.3) is 16.6 Å². The summed E-state index contributed by atoms with van der Waals surface area (Å²) >= 11 is 6.19. The van der Waals surface area contributed by atoms with Gasteiger partial charge >= 0.3 is 0 Å². The minimum absolute atomic E-state index is 0.279. The summed E-state index contributed by atoms with van der Waals surface area (Å²) in [6, 6.07) is 5.92. The molecular weight excluding hydrogens is 331 g/mol. The van der Waals surface area contributed by atoms with E-state index in [0.29, 0.717) is 22.1 Å². The fourth-order valence-electron chi connectivity index (χ4n) is 2.87. The quantitative estimate of drug-likeness (QED) is 0.792. The Bertz CT molecular complexity index is 1000. The molecule has 0 saturated heterocycles. The first-order valence-electron chi connectivity index (χ1n) is 7.64. The molecule has 0 amide bonds. The Kier molecular flexibility index (Phi) is 3.58. The molecule has 1 aromatic carbocycles. The second kappa shape index (κ2) is 5.65. The average Bonchev–Trinajstić information content (AvgIpc) is 3.38. The fraction of sp³-hybridized carbons (Fsp3) is 0.235. The van der Waals surface area contributed by atoms with E-state index in [1.54, 1.807) is 18.2 Å². The molecule has 1 aliphatic rings. The zero-order valence-corrected chi connectivity index (χ0v) is 13.4. The summed E-state index contributed by atoms with van der Waals surface area (Å²) < 4.78 is 15.0. The smallest absolute Gasteiger partial charge is 0.267 e. The molecule has 3 aromatic rings. The van der Waals surface area contributed by atoms with Crippen molar-refractivity contribution in [2.24, 2.45) is 11.7 Å². The number of benzene rings is 1. The number of nitrogens with two attached hydrogens (primary N) is 1. The van der Waals surface area contributed by atoms with Gasteiger partial charge in [0.1, 0.15) is 11.6 Å². The van der Waals surface area contributed by atoms with Crippen LogP contribution in [-0.4, -0.2) is 14.5 Å². The molecule has 24 heavy (non-hydrogen) atoms. The average molecular weight is 345 g/mol. The van der Waals surface area contributed by atoms with Gasteiger partial charge in [-0.3, -0.25) is 14.3 Å². The third kappa shape index (κ3) is 2.48. The lowest BCUT2D eigenvalue weighted by atomic mass is 10.1. The van der Waals surface area contributed by atoms with Crippen LogP contribution in [-0.2, 0) is 0 Å². The second-order valence-electron chi connectivity index (χ2n) is 5.97. The van der Waals surface area contributed by atoms with Crippen molar-refractivity contribution in [3.8, 4) is 5.69 Å². The van der Waals surface area contributed by atoms with Crippen molar-refractivity contribution >= 4 is 22.5 Å². The Morgan fingerprint density at radius 2 is 2.12 bits per heavy atom. The molecule has 4 rings (SSSR count). The van der Waals surface area contributed by atoms with Crippen LogP contribution in [0.3, 0.4) is 0 Å². The number of hydrogen-bond acceptors (Lipinski definition) is 4. The molecule has 5 nitrogen and oxygen atoms in total. The summed E-state index contributed by atoms with van der Waals surface area (Å²) in [6.07, 6.45) is 4.48. The SMILES string of the molecule is NC(c1nc2cccc(Cl)c2c(=O)n1-c1cncc(F)c1)C1CC1. The first-order chi connectivity index (χ1) is 11.6. The van der Waals surface area contributed by atoms with Crippen molar-refractivity contribution in [2.75, 3.05) is 0 Å². The highest BCUT2D eigenvalue weighted by atomic mass is 35.5. The Morgan fingerprint density at radius 3 is 2.83 bits per heavy atom. The van der Waals surface area contributed by atoms with Gasteiger partial charge in [-0.05, 0) is 30.9 Å². The summed E-state index contributed by atoms with van der Waals surface area (Å²) in [7, 11) is 0. The van der Waals surface area contributed by atoms with Gasteiger partial charge in [0.05, 0.1) is 40.0 Å². The lowest BCUT2D eigenvalue weighted by Gasteiger charge is -2.18. The van der Waals surface area contributed by atoms with Gasteiger partial charge in [0.15, 0.2) is 0 Å². The molecule has 1 atom stereocenters. The Labute approximate surface area is 141 Å². The standard InChI is InChI=1S/C17H14ClFN4O/c18-12-2-1-3-13-14(12)17(24)23(11-6-10(19)7-21-8-11)16(22-13)15(20)9-4-5-9/h1-3,6-9,15H,4-5,20H2. The summed E-state index contributed by atoms with van der Waals surface area (Å²) in [6.45, 7) is 0. The summed E-state index contributed by atoms with van der Waals surface area (Å²) in [5.41, 5.74) is 6.71. The van der Waals surface area contributed by atoms with E-state index >= 15 is 0 Å². The van der Waals surface area contributed by atoms with Crippen LogP contribution in [0.4, 0.5) is 4.39 Å². The van der Waals surface area contributed by atoms with E-state index in [4.69, 9.17) is 17.3 Å². The van der Waals surface area contributed by atoms with Crippen LogP contribution in [0.5, 0.6) is 0 Å². The molecule has 0 radical (unpaired) electrons. The van der Waals surface area contributed by atoms with Crippen LogP contribution in [0, 0.1) is 11.7 Å². The highest BCUT2D eigenvalue weighted by Crippen LogP contribution is 2.39. The van der Waals surface area contributed by atoms with Crippen LogP contribution < -0.4 is 11.3 Å². The normalized spacial score (nSPS) is 15.6. The molecule has 1 unspecified atom stereocenters. The molecule has 2 N–H and O–H groups in total. The van der Waals surface area contributed by atoms with Crippen LogP contribution in [0.15, 0.2) is 41.5 Å². The molecule has 122 valence electrons. The highest BCUT2D eigenvalue weighted by molar-refractivity contribution is 6.35. The van der Waals surface area contributed by atoms with Gasteiger partial charge in [-0.15, -0.1) is 0 Å². The third-order valence-corrected chi connectivity index (χ3v) is 4.56. The van der Waals surface area contributed by atoms with Crippen molar-refractivity contribution in [3.63, 3.8) is 0 Å². The minimum Gasteiger partial charge on any atom is -0.321 e. The highest BCUT2D eigenvalue weighted by Gasteiger charge is 2.33. The van der Waals surface area contributed by atoms with Gasteiger partial charge in [-0.2, -0.15) is 0 Å². The molecular formula is C17H14ClFN4O. The summed E-state index contributed by atoms with van der Waals surface area (Å²) in [4.78, 5) is 21.5. The molecule has 7 heteroatoms. The van der Waals surface area contributed by atoms with Crippen LogP contribution in [0.2, 0.25) is 5.02 Å². The number of fused-ring (bicyclic) bond motifs is 1. The van der Waals surface area contributed by atoms with Crippen LogP contribution >= 0.6 is 11.6 Å². The zero-order valence-electron chi connectivity index (χ0n) is 12.6. The van der Waals surface area contributed by atoms with Gasteiger partial charge in [-0.1, -0.05) is 17.7 Å². The molecule has 1 fully saturated rings. The number of halogens is 2. The predicted octanol–water partition coefficient (Wildman–Crippen LogP) is 2.98. The molecule has 1 saturated carbocycles. The molecule has 0 spiro atoms. The van der Waals surface area contributed by atoms with Crippen molar-refractivity contribution in [1.29, 1.82) is 0 Å². The van der Waals surface area contributed by atoms with E-state index in [1.807, 2.05) is 0 Å². The molecule has 1 aliphatic carbocycles. The van der Waals surface area contributed by atoms with E-state index in [1.165, 1.54) is 16.8 Å². The number of hydrogen-bond donors (Lipinski definition) is 1. The van der Waals surface area contributed by atoms with E-state index in [-0.39, 0.29) is 16.9 Å². The Balaban J connectivity index is 2.08. The predicted molar refractivity (Wildman–Crippen MR) is 89.8 cm³/mol. The number of aromatic nitrogens is 3. The maximum Gasteiger partial charge on any atom is 0.267 e. The van der Waals surface area contributed by atoms with Crippen molar-refractivity contribution in [2.45, 2.75) is 18.9 Å². The van der Waals surface area contributed by atoms with Crippen LogP contribution in [0.1, 0.15) is 24.7 Å².